The van der Waals surface area contributed by atoms with Crippen molar-refractivity contribution < 1.29 is 22.4 Å². The normalized spacial score (nSPS) is 14.5. The fourth-order valence-corrected chi connectivity index (χ4v) is 4.52. The van der Waals surface area contributed by atoms with Gasteiger partial charge in [0.25, 0.3) is 5.91 Å². The van der Waals surface area contributed by atoms with Gasteiger partial charge in [-0.25, -0.2) is 15.0 Å². The first-order valence-electron chi connectivity index (χ1n) is 13.4. The number of nitrogens with zero attached hydrogens (tertiary/aromatic N) is 5. The number of aryl methyl sites for hydroxylation is 2. The Morgan fingerprint density at radius 3 is 2.29 bits per heavy atom. The first kappa shape index (κ1) is 29.0. The monoisotopic (exact) mass is 580 g/mol. The molecule has 1 amide bonds. The second kappa shape index (κ2) is 12.2. The van der Waals surface area contributed by atoms with E-state index < -0.39 is 17.6 Å². The molecule has 1 fully saturated rings. The van der Waals surface area contributed by atoms with Crippen LogP contribution in [-0.4, -0.2) is 63.9 Å². The minimum atomic E-state index is -4.51. The van der Waals surface area contributed by atoms with E-state index in [2.05, 4.69) is 35.8 Å². The van der Waals surface area contributed by atoms with Crippen molar-refractivity contribution in [3.63, 3.8) is 0 Å². The molecule has 0 atom stereocenters. The summed E-state index contributed by atoms with van der Waals surface area (Å²) in [5.74, 6) is 0.416. The van der Waals surface area contributed by atoms with Gasteiger partial charge in [0, 0.05) is 50.2 Å². The Kier molecular flexibility index (Phi) is 8.41. The van der Waals surface area contributed by atoms with Crippen LogP contribution in [0.4, 0.5) is 42.2 Å². The molecule has 3 heterocycles. The zero-order valence-corrected chi connectivity index (χ0v) is 23.4. The van der Waals surface area contributed by atoms with Crippen molar-refractivity contribution in [2.24, 2.45) is 0 Å². The van der Waals surface area contributed by atoms with E-state index >= 15 is 0 Å². The topological polar surface area (TPSA) is 111 Å². The van der Waals surface area contributed by atoms with Crippen LogP contribution in [0.5, 0.6) is 0 Å². The van der Waals surface area contributed by atoms with E-state index in [0.29, 0.717) is 24.6 Å². The molecule has 1 aliphatic heterocycles. The van der Waals surface area contributed by atoms with Crippen LogP contribution in [0.3, 0.4) is 0 Å². The predicted octanol–water partition coefficient (Wildman–Crippen LogP) is 5.59. The van der Waals surface area contributed by atoms with Crippen LogP contribution < -0.4 is 16.0 Å². The number of benzene rings is 2. The maximum atomic E-state index is 14.0. The third kappa shape index (κ3) is 7.42. The van der Waals surface area contributed by atoms with Crippen LogP contribution in [0, 0.1) is 13.8 Å². The lowest BCUT2D eigenvalue weighted by atomic mass is 10.0. The van der Waals surface area contributed by atoms with Gasteiger partial charge in [-0.15, -0.1) is 0 Å². The van der Waals surface area contributed by atoms with Crippen molar-refractivity contribution in [1.82, 2.24) is 24.8 Å². The van der Waals surface area contributed by atoms with Gasteiger partial charge in [-0.05, 0) is 50.7 Å². The zero-order valence-electron chi connectivity index (χ0n) is 23.4. The summed E-state index contributed by atoms with van der Waals surface area (Å²) in [6.07, 6.45) is -3.23. The summed E-state index contributed by atoms with van der Waals surface area (Å²) in [4.78, 5) is 29.4. The average Bonchev–Trinajstić information content (AvgIpc) is 3.40. The van der Waals surface area contributed by atoms with E-state index in [-0.39, 0.29) is 41.2 Å². The molecule has 220 valence electrons. The van der Waals surface area contributed by atoms with Crippen molar-refractivity contribution in [2.45, 2.75) is 26.6 Å². The van der Waals surface area contributed by atoms with Gasteiger partial charge < -0.3 is 20.0 Å². The number of oxazole rings is 1. The number of amides is 1. The van der Waals surface area contributed by atoms with Crippen LogP contribution in [-0.2, 0) is 12.7 Å². The Balaban J connectivity index is 1.28. The third-order valence-electron chi connectivity index (χ3n) is 6.79. The van der Waals surface area contributed by atoms with Gasteiger partial charge in [0.2, 0.25) is 5.76 Å². The Morgan fingerprint density at radius 1 is 0.929 bits per heavy atom. The Morgan fingerprint density at radius 2 is 1.60 bits per heavy atom. The van der Waals surface area contributed by atoms with E-state index in [4.69, 9.17) is 4.42 Å². The second-order valence-electron chi connectivity index (χ2n) is 10.2. The molecule has 4 aromatic rings. The number of rotatable bonds is 8. The molecule has 0 radical (unpaired) electrons. The lowest BCUT2D eigenvalue weighted by molar-refractivity contribution is -0.138. The molecular weight excluding hydrogens is 549 g/mol. The van der Waals surface area contributed by atoms with E-state index in [1.807, 2.05) is 31.0 Å². The smallest absolute Gasteiger partial charge is 0.416 e. The Hall–Kier alpha value is -4.49. The van der Waals surface area contributed by atoms with Gasteiger partial charge in [-0.3, -0.25) is 15.0 Å². The van der Waals surface area contributed by atoms with Gasteiger partial charge in [-0.2, -0.15) is 13.2 Å². The molecule has 0 aliphatic carbocycles. The number of carbonyl (C=O) groups excluding carboxylic acids is 1. The SMILES string of the molecule is Cc1ccc(NC(=O)c2cnc(Nc3cc(Nc4ccc(CN5CCN(C)CC5)c(C(F)(F)F)c4)nc(C)n3)o2)cc1. The van der Waals surface area contributed by atoms with E-state index in [0.717, 1.165) is 24.7 Å². The number of halogens is 3. The zero-order chi connectivity index (χ0) is 29.9. The highest BCUT2D eigenvalue weighted by Crippen LogP contribution is 2.35. The maximum Gasteiger partial charge on any atom is 0.416 e. The van der Waals surface area contributed by atoms with Crippen LogP contribution >= 0.6 is 0 Å². The van der Waals surface area contributed by atoms with E-state index in [9.17, 15) is 18.0 Å². The first-order valence-corrected chi connectivity index (χ1v) is 13.4. The van der Waals surface area contributed by atoms with Crippen molar-refractivity contribution >= 4 is 34.9 Å². The highest BCUT2D eigenvalue weighted by molar-refractivity contribution is 6.02. The lowest BCUT2D eigenvalue weighted by Crippen LogP contribution is -2.44. The quantitative estimate of drug-likeness (QED) is 0.246. The summed E-state index contributed by atoms with van der Waals surface area (Å²) in [5, 5.41) is 8.55. The van der Waals surface area contributed by atoms with Gasteiger partial charge in [-0.1, -0.05) is 23.8 Å². The number of alkyl halides is 3. The third-order valence-corrected chi connectivity index (χ3v) is 6.79. The summed E-state index contributed by atoms with van der Waals surface area (Å²) in [6, 6.07) is 13.0. The molecule has 2 aromatic carbocycles. The molecule has 10 nitrogen and oxygen atoms in total. The van der Waals surface area contributed by atoms with E-state index in [1.165, 1.54) is 18.3 Å². The van der Waals surface area contributed by atoms with Gasteiger partial charge in [0.15, 0.2) is 0 Å². The molecule has 3 N–H and O–H groups in total. The molecule has 13 heteroatoms. The molecular formula is C29H31F3N8O2. The molecule has 1 saturated heterocycles. The minimum absolute atomic E-state index is 0.0146. The highest BCUT2D eigenvalue weighted by Gasteiger charge is 2.34. The molecule has 0 bridgehead atoms. The minimum Gasteiger partial charge on any atom is -0.418 e. The number of hydrogen-bond donors (Lipinski definition) is 3. The van der Waals surface area contributed by atoms with Crippen molar-refractivity contribution in [3.8, 4) is 0 Å². The summed E-state index contributed by atoms with van der Waals surface area (Å²) in [6.45, 7) is 6.89. The Bertz CT molecular complexity index is 1550. The number of likely N-dealkylation sites (N-methyl/N-ethyl adjacent to an activating group) is 1. The number of aromatic nitrogens is 3. The summed E-state index contributed by atoms with van der Waals surface area (Å²) in [5.41, 5.74) is 1.45. The van der Waals surface area contributed by atoms with Crippen molar-refractivity contribution in [1.29, 1.82) is 0 Å². The molecule has 1 aliphatic rings. The molecule has 0 spiro atoms. The molecule has 2 aromatic heterocycles. The predicted molar refractivity (Wildman–Crippen MR) is 153 cm³/mol. The van der Waals surface area contributed by atoms with Crippen molar-refractivity contribution in [2.75, 3.05) is 49.2 Å². The molecule has 0 unspecified atom stereocenters. The van der Waals surface area contributed by atoms with Gasteiger partial charge in [0.05, 0.1) is 11.8 Å². The number of carbonyl (C=O) groups is 1. The maximum absolute atomic E-state index is 14.0. The fourth-order valence-electron chi connectivity index (χ4n) is 4.52. The van der Waals surface area contributed by atoms with Crippen LogP contribution in [0.1, 0.15) is 33.1 Å². The second-order valence-corrected chi connectivity index (χ2v) is 10.2. The highest BCUT2D eigenvalue weighted by atomic mass is 19.4. The van der Waals surface area contributed by atoms with E-state index in [1.54, 1.807) is 25.1 Å². The number of anilines is 5. The number of hydrogen-bond acceptors (Lipinski definition) is 9. The largest absolute Gasteiger partial charge is 0.418 e. The van der Waals surface area contributed by atoms with Crippen molar-refractivity contribution in [3.05, 3.63) is 83.0 Å². The van der Waals surface area contributed by atoms with Gasteiger partial charge >= 0.3 is 12.2 Å². The molecule has 5 rings (SSSR count). The number of piperazine rings is 1. The Labute approximate surface area is 241 Å². The summed E-state index contributed by atoms with van der Waals surface area (Å²) >= 11 is 0. The number of nitrogens with one attached hydrogen (secondary N) is 3. The lowest BCUT2D eigenvalue weighted by Gasteiger charge is -2.33. The van der Waals surface area contributed by atoms with Crippen LogP contribution in [0.25, 0.3) is 0 Å². The summed E-state index contributed by atoms with van der Waals surface area (Å²) in [7, 11) is 2.00. The molecule has 42 heavy (non-hydrogen) atoms. The standard InChI is InChI=1S/C29H31F3N8O2/c1-18-4-7-21(8-5-18)37-27(41)24-16-33-28(42-24)38-26-15-25(34-19(2)35-26)36-22-9-6-20(23(14-22)29(30,31)32)17-40-12-10-39(3)11-13-40/h4-9,14-16H,10-13,17H2,1-3H3,(H,37,41)(H2,33,34,35,36,38). The average molecular weight is 581 g/mol. The van der Waals surface area contributed by atoms with Crippen LogP contribution in [0.2, 0.25) is 0 Å². The summed E-state index contributed by atoms with van der Waals surface area (Å²) < 4.78 is 47.6. The van der Waals surface area contributed by atoms with Crippen LogP contribution in [0.15, 0.2) is 59.1 Å². The fraction of sp³-hybridized carbons (Fsp3) is 0.310. The van der Waals surface area contributed by atoms with Gasteiger partial charge in [0.1, 0.15) is 17.5 Å². The molecule has 0 saturated carbocycles. The first-order chi connectivity index (χ1) is 20.0.